The van der Waals surface area contributed by atoms with E-state index in [1.165, 1.54) is 116 Å². The molecule has 0 aliphatic carbocycles. The van der Waals surface area contributed by atoms with Crippen molar-refractivity contribution in [3.05, 3.63) is 345 Å². The van der Waals surface area contributed by atoms with Crippen LogP contribution in [0.5, 0.6) is 0 Å². The van der Waals surface area contributed by atoms with Crippen LogP contribution < -0.4 is 9.80 Å². The highest BCUT2D eigenvalue weighted by molar-refractivity contribution is 6.25. The molecule has 0 amide bonds. The van der Waals surface area contributed by atoms with Crippen LogP contribution in [0.1, 0.15) is 100 Å². The second-order valence-electron chi connectivity index (χ2n) is 24.8. The molecule has 0 fully saturated rings. The normalized spacial score (nSPS) is 12.3. The number of nitrogens with zero attached hydrogens (tertiary/aromatic N) is 2. The first kappa shape index (κ1) is 59.2. The van der Waals surface area contributed by atoms with Gasteiger partial charge in [-0.25, -0.2) is 0 Å². The molecule has 442 valence electrons. The Morgan fingerprint density at radius 2 is 0.560 bits per heavy atom. The monoisotopic (exact) mass is 1170 g/mol. The number of hydrogen-bond acceptors (Lipinski definition) is 2. The largest absolute Gasteiger partial charge is 0.310 e. The van der Waals surface area contributed by atoms with Gasteiger partial charge in [0.15, 0.2) is 0 Å². The van der Waals surface area contributed by atoms with Crippen LogP contribution in [0.3, 0.4) is 0 Å². The molecule has 0 N–H and O–H groups in total. The van der Waals surface area contributed by atoms with Crippen molar-refractivity contribution in [2.45, 2.75) is 62.3 Å². The molecule has 0 saturated heterocycles. The van der Waals surface area contributed by atoms with Crippen molar-refractivity contribution in [3.63, 3.8) is 0 Å². The van der Waals surface area contributed by atoms with Crippen LogP contribution in [-0.2, 0) is 0 Å². The lowest BCUT2D eigenvalue weighted by Gasteiger charge is -2.30. The maximum absolute atomic E-state index is 2.48. The van der Waals surface area contributed by atoms with E-state index in [2.05, 4.69) is 369 Å². The molecular weight excluding hydrogens is 1100 g/mol. The molecule has 0 aliphatic rings. The average molecular weight is 1170 g/mol. The molecule has 0 atom stereocenters. The molecule has 0 spiro atoms. The van der Waals surface area contributed by atoms with Gasteiger partial charge in [0.05, 0.1) is 11.4 Å². The second-order valence-corrected chi connectivity index (χ2v) is 24.8. The Labute approximate surface area is 538 Å². The number of hydrogen-bond donors (Lipinski definition) is 0. The molecule has 0 saturated carbocycles. The van der Waals surface area contributed by atoms with E-state index in [1.54, 1.807) is 0 Å². The standard InChI is InChI=1S/C89H76N2/c1-59-21-37-72(38-22-59)64(6)55-68-29-45-76(46-30-68)90(77-47-31-69(32-48-77)56-65(7)73-39-23-60(2)24-40-73)86-54-53-85(87-63(5)15-14-20-84(86)87)88-80-16-10-12-18-82(80)89(83-19-13-11-17-81(83)88)91(78-49-33-70(34-50-78)57-66(8)74-41-25-61(3)26-42-74)79-51-35-71(36-52-79)58-67(9)75-43-27-62(4)28-44-75/h10-58H,1-9H3. The lowest BCUT2D eigenvalue weighted by atomic mass is 9.86. The van der Waals surface area contributed by atoms with E-state index in [0.29, 0.717) is 0 Å². The highest BCUT2D eigenvalue weighted by Crippen LogP contribution is 2.51. The van der Waals surface area contributed by atoms with Crippen LogP contribution in [0.15, 0.2) is 273 Å². The maximum atomic E-state index is 2.48. The molecule has 0 aromatic heterocycles. The summed E-state index contributed by atoms with van der Waals surface area (Å²) >= 11 is 0. The molecule has 0 heterocycles. The van der Waals surface area contributed by atoms with Crippen molar-refractivity contribution < 1.29 is 0 Å². The fourth-order valence-corrected chi connectivity index (χ4v) is 12.9. The Morgan fingerprint density at radius 1 is 0.264 bits per heavy atom. The predicted octanol–water partition coefficient (Wildman–Crippen LogP) is 25.5. The molecule has 0 bridgehead atoms. The van der Waals surface area contributed by atoms with E-state index in [1.807, 2.05) is 0 Å². The van der Waals surface area contributed by atoms with Gasteiger partial charge in [-0.05, 0) is 217 Å². The minimum absolute atomic E-state index is 1.08. The highest BCUT2D eigenvalue weighted by atomic mass is 15.2. The lowest BCUT2D eigenvalue weighted by Crippen LogP contribution is -2.12. The highest BCUT2D eigenvalue weighted by Gasteiger charge is 2.25. The first-order chi connectivity index (χ1) is 44.3. The average Bonchev–Trinajstić information content (AvgIpc) is 0.766. The summed E-state index contributed by atoms with van der Waals surface area (Å²) in [6.07, 6.45) is 9.15. The van der Waals surface area contributed by atoms with Crippen molar-refractivity contribution in [2.24, 2.45) is 0 Å². The van der Waals surface area contributed by atoms with Crippen LogP contribution in [0, 0.1) is 34.6 Å². The zero-order chi connectivity index (χ0) is 62.7. The first-order valence-corrected chi connectivity index (χ1v) is 31.8. The van der Waals surface area contributed by atoms with Gasteiger partial charge in [0.2, 0.25) is 0 Å². The molecule has 13 aromatic carbocycles. The number of anilines is 6. The molecule has 2 heteroatoms. The number of aryl methyl sites for hydroxylation is 5. The lowest BCUT2D eigenvalue weighted by molar-refractivity contribution is 1.29. The SMILES string of the molecule is CC(=Cc1ccc(N(c2ccc(C=C(C)c3ccc(C)cc3)cc2)c2c3ccccc3c(-c3ccc(N(c4ccc(C=C(C)c5ccc(C)cc5)cc4)c4ccc(C=C(C)c5ccc(C)cc5)cc4)c4cccc(C)c34)c3ccccc23)cc1)c1ccc(C)cc1. The van der Waals surface area contributed by atoms with Crippen LogP contribution >= 0.6 is 0 Å². The van der Waals surface area contributed by atoms with Gasteiger partial charge in [0, 0.05) is 38.9 Å². The van der Waals surface area contributed by atoms with E-state index < -0.39 is 0 Å². The summed E-state index contributed by atoms with van der Waals surface area (Å²) in [6.45, 7) is 19.6. The third-order valence-corrected chi connectivity index (χ3v) is 18.0. The summed E-state index contributed by atoms with van der Waals surface area (Å²) in [6, 6.07) is 101. The van der Waals surface area contributed by atoms with Crippen molar-refractivity contribution in [1.82, 2.24) is 0 Å². The minimum atomic E-state index is 1.08. The van der Waals surface area contributed by atoms with Crippen molar-refractivity contribution in [1.29, 1.82) is 0 Å². The van der Waals surface area contributed by atoms with Gasteiger partial charge < -0.3 is 9.80 Å². The van der Waals surface area contributed by atoms with Crippen LogP contribution in [-0.4, -0.2) is 0 Å². The maximum Gasteiger partial charge on any atom is 0.0618 e. The van der Waals surface area contributed by atoms with Gasteiger partial charge in [-0.1, -0.05) is 265 Å². The zero-order valence-corrected chi connectivity index (χ0v) is 53.7. The third kappa shape index (κ3) is 12.5. The van der Waals surface area contributed by atoms with E-state index in [4.69, 9.17) is 0 Å². The Bertz CT molecular complexity index is 4660. The van der Waals surface area contributed by atoms with E-state index in [-0.39, 0.29) is 0 Å². The molecular formula is C89H76N2. The molecule has 0 unspecified atom stereocenters. The second kappa shape index (κ2) is 25.7. The Kier molecular flexibility index (Phi) is 16.7. The summed E-state index contributed by atoms with van der Waals surface area (Å²) in [5.74, 6) is 0. The number of allylic oxidation sites excluding steroid dienone is 4. The minimum Gasteiger partial charge on any atom is -0.310 e. The van der Waals surface area contributed by atoms with Gasteiger partial charge in [-0.3, -0.25) is 0 Å². The number of benzene rings is 13. The fourth-order valence-electron chi connectivity index (χ4n) is 12.9. The van der Waals surface area contributed by atoms with E-state index in [0.717, 1.165) is 56.4 Å². The van der Waals surface area contributed by atoms with E-state index in [9.17, 15) is 0 Å². The van der Waals surface area contributed by atoms with E-state index >= 15 is 0 Å². The molecule has 0 radical (unpaired) electrons. The number of rotatable bonds is 15. The Hall–Kier alpha value is -10.8. The van der Waals surface area contributed by atoms with Gasteiger partial charge in [0.1, 0.15) is 0 Å². The van der Waals surface area contributed by atoms with Crippen LogP contribution in [0.4, 0.5) is 34.1 Å². The quantitative estimate of drug-likeness (QED) is 0.0746. The van der Waals surface area contributed by atoms with Crippen molar-refractivity contribution in [2.75, 3.05) is 9.80 Å². The van der Waals surface area contributed by atoms with Crippen LogP contribution in [0.2, 0.25) is 0 Å². The van der Waals surface area contributed by atoms with Gasteiger partial charge in [0.25, 0.3) is 0 Å². The summed E-state index contributed by atoms with van der Waals surface area (Å²) in [5.41, 5.74) is 29.6. The Morgan fingerprint density at radius 3 is 0.890 bits per heavy atom. The molecule has 2 nitrogen and oxygen atoms in total. The van der Waals surface area contributed by atoms with Gasteiger partial charge in [-0.15, -0.1) is 0 Å². The summed E-state index contributed by atoms with van der Waals surface area (Å²) in [5, 5.41) is 7.10. The van der Waals surface area contributed by atoms with Crippen molar-refractivity contribution in [3.8, 4) is 11.1 Å². The zero-order valence-electron chi connectivity index (χ0n) is 53.7. The molecule has 0 aliphatic heterocycles. The van der Waals surface area contributed by atoms with Gasteiger partial charge in [-0.2, -0.15) is 0 Å². The molecule has 13 aromatic rings. The number of fused-ring (bicyclic) bond motifs is 3. The summed E-state index contributed by atoms with van der Waals surface area (Å²) in [7, 11) is 0. The smallest absolute Gasteiger partial charge is 0.0618 e. The Balaban J connectivity index is 0.964. The van der Waals surface area contributed by atoms with Crippen molar-refractivity contribution >= 4 is 113 Å². The predicted molar refractivity (Wildman–Crippen MR) is 397 cm³/mol. The first-order valence-electron chi connectivity index (χ1n) is 31.8. The topological polar surface area (TPSA) is 6.48 Å². The summed E-state index contributed by atoms with van der Waals surface area (Å²) < 4.78 is 0. The molecule has 91 heavy (non-hydrogen) atoms. The molecule has 13 rings (SSSR count). The van der Waals surface area contributed by atoms with Gasteiger partial charge >= 0.3 is 0 Å². The summed E-state index contributed by atoms with van der Waals surface area (Å²) in [4.78, 5) is 4.92. The third-order valence-electron chi connectivity index (χ3n) is 18.0. The fraction of sp³-hybridized carbons (Fsp3) is 0.101. The van der Waals surface area contributed by atoms with Crippen LogP contribution in [0.25, 0.3) is 90.0 Å².